The molecule has 0 heterocycles. The summed E-state index contributed by atoms with van der Waals surface area (Å²) in [6, 6.07) is 17.2. The highest BCUT2D eigenvalue weighted by molar-refractivity contribution is 6.01. The van der Waals surface area contributed by atoms with E-state index in [0.717, 1.165) is 5.56 Å². The molecule has 2 rings (SSSR count). The van der Waals surface area contributed by atoms with Crippen LogP contribution in [0.5, 0.6) is 0 Å². The maximum Gasteiger partial charge on any atom is 0.269 e. The Morgan fingerprint density at radius 1 is 1.17 bits per heavy atom. The molecule has 6 nitrogen and oxygen atoms in total. The van der Waals surface area contributed by atoms with Crippen LogP contribution in [-0.2, 0) is 11.2 Å². The first-order chi connectivity index (χ1) is 11.6. The third kappa shape index (κ3) is 4.78. The van der Waals surface area contributed by atoms with Gasteiger partial charge in [-0.05, 0) is 35.8 Å². The normalized spacial score (nSPS) is 10.7. The molecule has 0 radical (unpaired) electrons. The van der Waals surface area contributed by atoms with Crippen LogP contribution in [0.25, 0.3) is 6.08 Å². The van der Waals surface area contributed by atoms with Gasteiger partial charge in [-0.25, -0.2) is 0 Å². The van der Waals surface area contributed by atoms with Gasteiger partial charge in [-0.1, -0.05) is 30.3 Å². The van der Waals surface area contributed by atoms with Gasteiger partial charge in [0.1, 0.15) is 11.6 Å². The highest BCUT2D eigenvalue weighted by atomic mass is 16.6. The number of nitro groups is 1. The molecule has 2 aromatic rings. The van der Waals surface area contributed by atoms with Crippen LogP contribution in [0.3, 0.4) is 0 Å². The van der Waals surface area contributed by atoms with Gasteiger partial charge in [0.2, 0.25) is 0 Å². The third-order valence-corrected chi connectivity index (χ3v) is 3.32. The van der Waals surface area contributed by atoms with E-state index in [2.05, 4.69) is 5.32 Å². The lowest BCUT2D eigenvalue weighted by molar-refractivity contribution is -0.384. The first kappa shape index (κ1) is 16.9. The Labute approximate surface area is 139 Å². The van der Waals surface area contributed by atoms with E-state index in [1.165, 1.54) is 30.3 Å². The number of benzene rings is 2. The molecule has 2 aromatic carbocycles. The molecule has 0 saturated carbocycles. The number of hydrogen-bond acceptors (Lipinski definition) is 4. The van der Waals surface area contributed by atoms with Gasteiger partial charge in [0.05, 0.1) is 4.92 Å². The number of hydrogen-bond donors (Lipinski definition) is 1. The Bertz CT molecular complexity index is 791. The topological polar surface area (TPSA) is 96.0 Å². The molecule has 24 heavy (non-hydrogen) atoms. The highest BCUT2D eigenvalue weighted by Crippen LogP contribution is 2.14. The Balaban J connectivity index is 1.97. The minimum absolute atomic E-state index is 0.0435. The average molecular weight is 321 g/mol. The number of carbonyl (C=O) groups is 1. The van der Waals surface area contributed by atoms with Gasteiger partial charge in [-0.3, -0.25) is 14.9 Å². The van der Waals surface area contributed by atoms with Crippen LogP contribution in [0.15, 0.2) is 60.2 Å². The van der Waals surface area contributed by atoms with E-state index >= 15 is 0 Å². The number of amides is 1. The summed E-state index contributed by atoms with van der Waals surface area (Å²) in [4.78, 5) is 22.1. The molecule has 0 fully saturated rings. The zero-order valence-electron chi connectivity index (χ0n) is 12.8. The molecule has 0 aliphatic heterocycles. The van der Waals surface area contributed by atoms with Crippen molar-refractivity contribution in [1.29, 1.82) is 5.26 Å². The molecule has 0 spiro atoms. The second-order valence-corrected chi connectivity index (χ2v) is 5.01. The molecule has 0 saturated heterocycles. The first-order valence-electron chi connectivity index (χ1n) is 7.28. The van der Waals surface area contributed by atoms with Gasteiger partial charge >= 0.3 is 0 Å². The number of rotatable bonds is 6. The minimum atomic E-state index is -0.505. The fraction of sp³-hybridized carbons (Fsp3) is 0.111. The maximum absolute atomic E-state index is 12.0. The van der Waals surface area contributed by atoms with Crippen LogP contribution in [0.2, 0.25) is 0 Å². The molecule has 0 aliphatic rings. The molecule has 1 N–H and O–H groups in total. The Kier molecular flexibility index (Phi) is 5.81. The van der Waals surface area contributed by atoms with Crippen molar-refractivity contribution >= 4 is 17.7 Å². The molecule has 0 unspecified atom stereocenters. The number of nitrogens with one attached hydrogen (secondary N) is 1. The van der Waals surface area contributed by atoms with Crippen molar-refractivity contribution in [1.82, 2.24) is 5.32 Å². The van der Waals surface area contributed by atoms with Gasteiger partial charge in [0.25, 0.3) is 11.6 Å². The third-order valence-electron chi connectivity index (χ3n) is 3.32. The van der Waals surface area contributed by atoms with Crippen LogP contribution in [0.4, 0.5) is 5.69 Å². The molecular formula is C18H15N3O3. The van der Waals surface area contributed by atoms with E-state index in [-0.39, 0.29) is 11.3 Å². The van der Waals surface area contributed by atoms with Crippen LogP contribution < -0.4 is 5.32 Å². The van der Waals surface area contributed by atoms with E-state index in [1.807, 2.05) is 36.4 Å². The number of nitrogens with zero attached hydrogens (tertiary/aromatic N) is 2. The first-order valence-corrected chi connectivity index (χ1v) is 7.28. The monoisotopic (exact) mass is 321 g/mol. The van der Waals surface area contributed by atoms with Crippen molar-refractivity contribution in [3.8, 4) is 6.07 Å². The van der Waals surface area contributed by atoms with Crippen molar-refractivity contribution in [2.75, 3.05) is 6.54 Å². The van der Waals surface area contributed by atoms with Crippen molar-refractivity contribution in [3.63, 3.8) is 0 Å². The van der Waals surface area contributed by atoms with Gasteiger partial charge in [-0.2, -0.15) is 5.26 Å². The summed E-state index contributed by atoms with van der Waals surface area (Å²) in [5.41, 5.74) is 1.56. The summed E-state index contributed by atoms with van der Waals surface area (Å²) < 4.78 is 0. The quantitative estimate of drug-likeness (QED) is 0.383. The molecule has 0 bridgehead atoms. The lowest BCUT2D eigenvalue weighted by atomic mass is 10.1. The zero-order chi connectivity index (χ0) is 17.4. The van der Waals surface area contributed by atoms with Crippen LogP contribution >= 0.6 is 0 Å². The molecule has 0 atom stereocenters. The number of nitriles is 1. The predicted octanol–water partition coefficient (Wildman–Crippen LogP) is 2.86. The molecular weight excluding hydrogens is 306 g/mol. The minimum Gasteiger partial charge on any atom is -0.351 e. The van der Waals surface area contributed by atoms with Crippen molar-refractivity contribution in [3.05, 3.63) is 81.4 Å². The Morgan fingerprint density at radius 2 is 1.83 bits per heavy atom. The van der Waals surface area contributed by atoms with E-state index in [1.54, 1.807) is 0 Å². The fourth-order valence-electron chi connectivity index (χ4n) is 2.07. The van der Waals surface area contributed by atoms with Crippen molar-refractivity contribution < 1.29 is 9.72 Å². The summed E-state index contributed by atoms with van der Waals surface area (Å²) in [6.45, 7) is 0.419. The van der Waals surface area contributed by atoms with E-state index in [4.69, 9.17) is 5.26 Å². The van der Waals surface area contributed by atoms with E-state index in [9.17, 15) is 14.9 Å². The lowest BCUT2D eigenvalue weighted by Gasteiger charge is -2.04. The van der Waals surface area contributed by atoms with Crippen molar-refractivity contribution in [2.45, 2.75) is 6.42 Å². The largest absolute Gasteiger partial charge is 0.351 e. The Morgan fingerprint density at radius 3 is 2.42 bits per heavy atom. The van der Waals surface area contributed by atoms with Crippen LogP contribution in [0.1, 0.15) is 11.1 Å². The molecule has 120 valence electrons. The summed E-state index contributed by atoms with van der Waals surface area (Å²) in [7, 11) is 0. The lowest BCUT2D eigenvalue weighted by Crippen LogP contribution is -2.26. The molecule has 6 heteroatoms. The summed E-state index contributed by atoms with van der Waals surface area (Å²) >= 11 is 0. The Hall–Kier alpha value is -3.46. The smallest absolute Gasteiger partial charge is 0.269 e. The SMILES string of the molecule is N#C/C(=C\c1ccc([N+](=O)[O-])cc1)C(=O)NCCc1ccccc1. The summed E-state index contributed by atoms with van der Waals surface area (Å²) in [5.74, 6) is -0.466. The highest BCUT2D eigenvalue weighted by Gasteiger charge is 2.09. The second-order valence-electron chi connectivity index (χ2n) is 5.01. The summed E-state index contributed by atoms with van der Waals surface area (Å²) in [5, 5.41) is 22.4. The van der Waals surface area contributed by atoms with E-state index in [0.29, 0.717) is 18.5 Å². The van der Waals surface area contributed by atoms with Gasteiger partial charge in [0.15, 0.2) is 0 Å². The molecule has 0 aromatic heterocycles. The number of nitro benzene ring substituents is 1. The van der Waals surface area contributed by atoms with Gasteiger partial charge in [-0.15, -0.1) is 0 Å². The average Bonchev–Trinajstić information content (AvgIpc) is 2.60. The fourth-order valence-corrected chi connectivity index (χ4v) is 2.07. The maximum atomic E-state index is 12.0. The van der Waals surface area contributed by atoms with Crippen molar-refractivity contribution in [2.24, 2.45) is 0 Å². The van der Waals surface area contributed by atoms with Gasteiger partial charge < -0.3 is 5.32 Å². The van der Waals surface area contributed by atoms with Crippen LogP contribution in [0, 0.1) is 21.4 Å². The number of carbonyl (C=O) groups excluding carboxylic acids is 1. The standard InChI is InChI=1S/C18H15N3O3/c19-13-16(12-15-6-8-17(9-7-15)21(23)24)18(22)20-11-10-14-4-2-1-3-5-14/h1-9,12H,10-11H2,(H,20,22)/b16-12+. The summed E-state index contributed by atoms with van der Waals surface area (Å²) in [6.07, 6.45) is 2.07. The zero-order valence-corrected chi connectivity index (χ0v) is 12.8. The molecule has 1 amide bonds. The second kappa shape index (κ2) is 8.25. The van der Waals surface area contributed by atoms with Gasteiger partial charge in [0, 0.05) is 18.7 Å². The number of non-ortho nitro benzene ring substituents is 1. The van der Waals surface area contributed by atoms with Crippen LogP contribution in [-0.4, -0.2) is 17.4 Å². The molecule has 0 aliphatic carbocycles. The predicted molar refractivity (Wildman–Crippen MR) is 89.8 cm³/mol. The van der Waals surface area contributed by atoms with E-state index < -0.39 is 10.8 Å².